The first-order valence-electron chi connectivity index (χ1n) is 6.60. The zero-order chi connectivity index (χ0) is 14.7. The molecular formula is C12H15N7O2. The van der Waals surface area contributed by atoms with Crippen molar-refractivity contribution in [3.63, 3.8) is 0 Å². The number of ether oxygens (including phenoxy) is 1. The van der Waals surface area contributed by atoms with E-state index in [0.29, 0.717) is 36.3 Å². The van der Waals surface area contributed by atoms with Crippen molar-refractivity contribution in [3.05, 3.63) is 24.4 Å². The zero-order valence-electron chi connectivity index (χ0n) is 11.7. The van der Waals surface area contributed by atoms with E-state index in [1.54, 1.807) is 6.33 Å². The third-order valence-electron chi connectivity index (χ3n) is 2.89. The summed E-state index contributed by atoms with van der Waals surface area (Å²) in [7, 11) is 0. The summed E-state index contributed by atoms with van der Waals surface area (Å²) in [5.41, 5.74) is 1.34. The molecule has 0 aromatic carbocycles. The van der Waals surface area contributed by atoms with Crippen LogP contribution in [0.3, 0.4) is 0 Å². The van der Waals surface area contributed by atoms with Gasteiger partial charge < -0.3 is 19.6 Å². The first-order valence-corrected chi connectivity index (χ1v) is 6.60. The summed E-state index contributed by atoms with van der Waals surface area (Å²) >= 11 is 0. The van der Waals surface area contributed by atoms with Crippen LogP contribution in [-0.4, -0.2) is 36.7 Å². The van der Waals surface area contributed by atoms with Gasteiger partial charge in [0.05, 0.1) is 12.9 Å². The zero-order valence-corrected chi connectivity index (χ0v) is 11.7. The van der Waals surface area contributed by atoms with Crippen molar-refractivity contribution in [2.45, 2.75) is 26.5 Å². The van der Waals surface area contributed by atoms with Crippen molar-refractivity contribution in [2.75, 3.05) is 11.9 Å². The Bertz CT molecular complexity index is 723. The Morgan fingerprint density at radius 1 is 1.38 bits per heavy atom. The van der Waals surface area contributed by atoms with Gasteiger partial charge in [-0.15, -0.1) is 0 Å². The number of fused-ring (bicyclic) bond motifs is 1. The summed E-state index contributed by atoms with van der Waals surface area (Å²) in [6, 6.07) is 0. The molecule has 0 aliphatic rings. The van der Waals surface area contributed by atoms with Crippen molar-refractivity contribution in [3.8, 4) is 0 Å². The average Bonchev–Trinajstić information content (AvgIpc) is 3.14. The maximum atomic E-state index is 5.41. The van der Waals surface area contributed by atoms with Crippen LogP contribution in [0.15, 0.2) is 17.2 Å². The van der Waals surface area contributed by atoms with Crippen molar-refractivity contribution < 1.29 is 9.26 Å². The van der Waals surface area contributed by atoms with Gasteiger partial charge in [-0.1, -0.05) is 5.16 Å². The minimum absolute atomic E-state index is 0.189. The van der Waals surface area contributed by atoms with Gasteiger partial charge in [-0.05, 0) is 13.8 Å². The Morgan fingerprint density at radius 2 is 2.29 bits per heavy atom. The van der Waals surface area contributed by atoms with E-state index in [4.69, 9.17) is 9.26 Å². The van der Waals surface area contributed by atoms with Gasteiger partial charge >= 0.3 is 0 Å². The number of imidazole rings is 1. The maximum absolute atomic E-state index is 5.41. The normalized spacial score (nSPS) is 12.7. The SMILES string of the molecule is CCO[C@@H](C)c1noc(CNc2ncnc3nc[nH]c23)n1. The van der Waals surface area contributed by atoms with Gasteiger partial charge in [0, 0.05) is 6.61 Å². The first kappa shape index (κ1) is 13.4. The summed E-state index contributed by atoms with van der Waals surface area (Å²) in [5.74, 6) is 1.63. The molecule has 3 aromatic rings. The third kappa shape index (κ3) is 2.82. The van der Waals surface area contributed by atoms with Gasteiger partial charge in [0.2, 0.25) is 5.89 Å². The van der Waals surface area contributed by atoms with Crippen LogP contribution in [-0.2, 0) is 11.3 Å². The maximum Gasteiger partial charge on any atom is 0.246 e. The van der Waals surface area contributed by atoms with Crippen molar-refractivity contribution >= 4 is 17.0 Å². The molecular weight excluding hydrogens is 274 g/mol. The number of rotatable bonds is 6. The Balaban J connectivity index is 1.69. The molecule has 21 heavy (non-hydrogen) atoms. The molecule has 9 heteroatoms. The predicted molar refractivity (Wildman–Crippen MR) is 73.3 cm³/mol. The minimum atomic E-state index is -0.189. The molecule has 3 rings (SSSR count). The van der Waals surface area contributed by atoms with Crippen molar-refractivity contribution in [1.82, 2.24) is 30.1 Å². The first-order chi connectivity index (χ1) is 10.3. The Kier molecular flexibility index (Phi) is 3.73. The molecule has 2 N–H and O–H groups in total. The number of nitrogens with one attached hydrogen (secondary N) is 2. The highest BCUT2D eigenvalue weighted by Crippen LogP contribution is 2.16. The van der Waals surface area contributed by atoms with Gasteiger partial charge in [-0.25, -0.2) is 15.0 Å². The van der Waals surface area contributed by atoms with Gasteiger partial charge in [0.25, 0.3) is 0 Å². The smallest absolute Gasteiger partial charge is 0.246 e. The topological polar surface area (TPSA) is 115 Å². The summed E-state index contributed by atoms with van der Waals surface area (Å²) in [4.78, 5) is 19.5. The van der Waals surface area contributed by atoms with Crippen LogP contribution in [0, 0.1) is 0 Å². The second-order valence-electron chi connectivity index (χ2n) is 4.32. The monoisotopic (exact) mass is 289 g/mol. The molecule has 0 fully saturated rings. The van der Waals surface area contributed by atoms with Crippen LogP contribution in [0.4, 0.5) is 5.82 Å². The molecule has 0 saturated carbocycles. The van der Waals surface area contributed by atoms with Crippen LogP contribution in [0.1, 0.15) is 31.7 Å². The minimum Gasteiger partial charge on any atom is -0.371 e. The van der Waals surface area contributed by atoms with Crippen LogP contribution in [0.2, 0.25) is 0 Å². The number of anilines is 1. The lowest BCUT2D eigenvalue weighted by molar-refractivity contribution is 0.0683. The van der Waals surface area contributed by atoms with E-state index in [1.165, 1.54) is 6.33 Å². The number of nitrogens with zero attached hydrogens (tertiary/aromatic N) is 5. The highest BCUT2D eigenvalue weighted by molar-refractivity contribution is 5.81. The summed E-state index contributed by atoms with van der Waals surface area (Å²) in [5, 5.41) is 7.01. The van der Waals surface area contributed by atoms with E-state index >= 15 is 0 Å². The van der Waals surface area contributed by atoms with E-state index in [9.17, 15) is 0 Å². The van der Waals surface area contributed by atoms with Crippen molar-refractivity contribution in [1.29, 1.82) is 0 Å². The number of aromatic nitrogens is 6. The third-order valence-corrected chi connectivity index (χ3v) is 2.89. The molecule has 9 nitrogen and oxygen atoms in total. The number of hydrogen-bond acceptors (Lipinski definition) is 8. The molecule has 0 amide bonds. The lowest BCUT2D eigenvalue weighted by atomic mass is 10.4. The summed E-state index contributed by atoms with van der Waals surface area (Å²) < 4.78 is 10.6. The molecule has 0 saturated heterocycles. The van der Waals surface area contributed by atoms with E-state index < -0.39 is 0 Å². The number of aromatic amines is 1. The molecule has 3 aromatic heterocycles. The second kappa shape index (κ2) is 5.83. The van der Waals surface area contributed by atoms with Crippen LogP contribution in [0.25, 0.3) is 11.2 Å². The number of H-pyrrole nitrogens is 1. The number of hydrogen-bond donors (Lipinski definition) is 2. The van der Waals surface area contributed by atoms with E-state index in [2.05, 4.69) is 35.4 Å². The molecule has 3 heterocycles. The van der Waals surface area contributed by atoms with Gasteiger partial charge in [-0.3, -0.25) is 0 Å². The fourth-order valence-corrected chi connectivity index (χ4v) is 1.89. The molecule has 0 radical (unpaired) electrons. The van der Waals surface area contributed by atoms with Gasteiger partial charge in [0.15, 0.2) is 17.3 Å². The van der Waals surface area contributed by atoms with Crippen molar-refractivity contribution in [2.24, 2.45) is 0 Å². The average molecular weight is 289 g/mol. The second-order valence-corrected chi connectivity index (χ2v) is 4.32. The molecule has 0 bridgehead atoms. The lowest BCUT2D eigenvalue weighted by Crippen LogP contribution is -2.04. The Morgan fingerprint density at radius 3 is 3.14 bits per heavy atom. The highest BCUT2D eigenvalue weighted by Gasteiger charge is 2.14. The van der Waals surface area contributed by atoms with Gasteiger partial charge in [0.1, 0.15) is 17.9 Å². The van der Waals surface area contributed by atoms with E-state index in [0.717, 1.165) is 5.52 Å². The fourth-order valence-electron chi connectivity index (χ4n) is 1.89. The predicted octanol–water partition coefficient (Wildman–Crippen LogP) is 1.45. The van der Waals surface area contributed by atoms with E-state index in [1.807, 2.05) is 13.8 Å². The molecule has 0 spiro atoms. The fraction of sp³-hybridized carbons (Fsp3) is 0.417. The van der Waals surface area contributed by atoms with Crippen LogP contribution >= 0.6 is 0 Å². The van der Waals surface area contributed by atoms with E-state index in [-0.39, 0.29) is 6.10 Å². The largest absolute Gasteiger partial charge is 0.371 e. The summed E-state index contributed by atoms with van der Waals surface area (Å²) in [6.07, 6.45) is 2.83. The molecule has 0 aliphatic heterocycles. The standard InChI is InChI=1S/C12H15N7O2/c1-3-20-7(2)10-18-8(21-19-10)4-13-11-9-12(15-5-14-9)17-6-16-11/h5-7H,3-4H2,1-2H3,(H2,13,14,15,16,17)/t7-/m0/s1. The quantitative estimate of drug-likeness (QED) is 0.700. The van der Waals surface area contributed by atoms with Crippen LogP contribution < -0.4 is 5.32 Å². The Labute approximate surface area is 120 Å². The molecule has 0 unspecified atom stereocenters. The lowest BCUT2D eigenvalue weighted by Gasteiger charge is -2.05. The Hall–Kier alpha value is -2.55. The molecule has 110 valence electrons. The summed E-state index contributed by atoms with van der Waals surface area (Å²) in [6.45, 7) is 4.76. The highest BCUT2D eigenvalue weighted by atomic mass is 16.5. The van der Waals surface area contributed by atoms with Gasteiger partial charge in [-0.2, -0.15) is 4.98 Å². The molecule has 1 atom stereocenters. The molecule has 0 aliphatic carbocycles. The van der Waals surface area contributed by atoms with Crippen LogP contribution in [0.5, 0.6) is 0 Å².